The van der Waals surface area contributed by atoms with Crippen LogP contribution in [0.4, 0.5) is 10.5 Å². The van der Waals surface area contributed by atoms with Crippen LogP contribution in [0.25, 0.3) is 0 Å². The maximum Gasteiger partial charge on any atom is 0.410 e. The number of rotatable bonds is 4. The van der Waals surface area contributed by atoms with Crippen molar-refractivity contribution in [1.82, 2.24) is 15.2 Å². The average Bonchev–Trinajstić information content (AvgIpc) is 2.47. The lowest BCUT2D eigenvalue weighted by atomic mass is 10.1. The maximum atomic E-state index is 12.0. The number of pyridine rings is 1. The van der Waals surface area contributed by atoms with E-state index in [9.17, 15) is 9.59 Å². The summed E-state index contributed by atoms with van der Waals surface area (Å²) in [4.78, 5) is 31.7. The molecule has 0 unspecified atom stereocenters. The molecule has 0 saturated carbocycles. The first-order valence-corrected chi connectivity index (χ1v) is 8.18. The van der Waals surface area contributed by atoms with Crippen LogP contribution in [0, 0.1) is 0 Å². The highest BCUT2D eigenvalue weighted by atomic mass is 16.6. The highest BCUT2D eigenvalue weighted by molar-refractivity contribution is 5.92. The van der Waals surface area contributed by atoms with E-state index in [2.05, 4.69) is 22.1 Å². The number of nitrogens with one attached hydrogen (secondary N) is 1. The number of ether oxygens (including phenoxy) is 1. The number of carbonyl (C=O) groups is 2. The van der Waals surface area contributed by atoms with Crippen molar-refractivity contribution in [2.75, 3.05) is 31.6 Å². The van der Waals surface area contributed by atoms with Crippen molar-refractivity contribution in [1.29, 1.82) is 0 Å². The number of anilines is 1. The number of carbonyl (C=O) groups excluding carboxylic acids is 2. The zero-order chi connectivity index (χ0) is 17.9. The van der Waals surface area contributed by atoms with Gasteiger partial charge in [-0.15, -0.1) is 0 Å². The number of aromatic nitrogens is 1. The van der Waals surface area contributed by atoms with Crippen molar-refractivity contribution >= 4 is 17.7 Å². The number of nitrogens with zero attached hydrogens (tertiary/aromatic N) is 3. The molecule has 0 aliphatic carbocycles. The topological polar surface area (TPSA) is 74.8 Å². The van der Waals surface area contributed by atoms with Gasteiger partial charge in [-0.3, -0.25) is 4.79 Å². The Morgan fingerprint density at radius 3 is 2.50 bits per heavy atom. The van der Waals surface area contributed by atoms with Crippen LogP contribution in [0.2, 0.25) is 0 Å². The smallest absolute Gasteiger partial charge is 0.410 e. The summed E-state index contributed by atoms with van der Waals surface area (Å²) >= 11 is 0. The van der Waals surface area contributed by atoms with E-state index in [4.69, 9.17) is 4.74 Å². The van der Waals surface area contributed by atoms with E-state index < -0.39 is 5.60 Å². The Labute approximate surface area is 143 Å². The summed E-state index contributed by atoms with van der Waals surface area (Å²) in [6.45, 7) is 9.69. The van der Waals surface area contributed by atoms with E-state index in [0.717, 1.165) is 12.2 Å². The number of likely N-dealkylation sites (N-methyl/N-ethyl adjacent to an activating group) is 1. The van der Waals surface area contributed by atoms with Gasteiger partial charge < -0.3 is 19.9 Å². The van der Waals surface area contributed by atoms with Gasteiger partial charge in [-0.1, -0.05) is 0 Å². The third kappa shape index (κ3) is 4.15. The molecule has 1 aliphatic rings. The van der Waals surface area contributed by atoms with Gasteiger partial charge in [-0.25, -0.2) is 9.78 Å². The molecule has 24 heavy (non-hydrogen) atoms. The summed E-state index contributed by atoms with van der Waals surface area (Å²) in [5.41, 5.74) is 0.854. The second kappa shape index (κ2) is 7.07. The zero-order valence-corrected chi connectivity index (χ0v) is 15.0. The molecule has 7 heteroatoms. The normalized spacial score (nSPS) is 14.8. The fourth-order valence-electron chi connectivity index (χ4n) is 2.60. The van der Waals surface area contributed by atoms with E-state index in [1.807, 2.05) is 26.8 Å². The second-order valence-electron chi connectivity index (χ2n) is 6.81. The molecule has 2 rings (SSSR count). The molecule has 1 aromatic heterocycles. The van der Waals surface area contributed by atoms with Crippen LogP contribution in [0.3, 0.4) is 0 Å². The van der Waals surface area contributed by atoms with Crippen molar-refractivity contribution in [2.45, 2.75) is 39.3 Å². The molecule has 1 fully saturated rings. The summed E-state index contributed by atoms with van der Waals surface area (Å²) in [5.74, 6) is -0.204. The van der Waals surface area contributed by atoms with Crippen LogP contribution in [0.15, 0.2) is 18.3 Å². The van der Waals surface area contributed by atoms with Crippen LogP contribution < -0.4 is 10.2 Å². The molecule has 2 amide bonds. The van der Waals surface area contributed by atoms with Crippen molar-refractivity contribution in [3.63, 3.8) is 0 Å². The first kappa shape index (κ1) is 18.0. The molecule has 0 spiro atoms. The predicted octanol–water partition coefficient (Wildman–Crippen LogP) is 1.89. The lowest BCUT2D eigenvalue weighted by molar-refractivity contribution is 0.00817. The largest absolute Gasteiger partial charge is 0.444 e. The van der Waals surface area contributed by atoms with Gasteiger partial charge in [0.05, 0.1) is 17.9 Å². The van der Waals surface area contributed by atoms with E-state index in [1.54, 1.807) is 24.2 Å². The molecule has 1 saturated heterocycles. The summed E-state index contributed by atoms with van der Waals surface area (Å²) in [7, 11) is 1.58. The third-order valence-corrected chi connectivity index (χ3v) is 3.83. The van der Waals surface area contributed by atoms with Crippen LogP contribution in [-0.2, 0) is 4.74 Å². The Balaban J connectivity index is 1.96. The number of amides is 2. The first-order valence-electron chi connectivity index (χ1n) is 8.18. The lowest BCUT2D eigenvalue weighted by Gasteiger charge is -2.45. The minimum Gasteiger partial charge on any atom is -0.444 e. The first-order chi connectivity index (χ1) is 11.2. The van der Waals surface area contributed by atoms with E-state index in [1.165, 1.54) is 0 Å². The molecule has 132 valence electrons. The van der Waals surface area contributed by atoms with Gasteiger partial charge in [-0.05, 0) is 39.8 Å². The molecule has 1 aromatic rings. The number of hydrogen-bond acceptors (Lipinski definition) is 5. The van der Waals surface area contributed by atoms with Crippen LogP contribution in [-0.4, -0.2) is 60.2 Å². The lowest BCUT2D eigenvalue weighted by Crippen LogP contribution is -2.62. The molecule has 0 bridgehead atoms. The monoisotopic (exact) mass is 334 g/mol. The van der Waals surface area contributed by atoms with Gasteiger partial charge in [0.2, 0.25) is 0 Å². The quantitative estimate of drug-likeness (QED) is 0.910. The Morgan fingerprint density at radius 2 is 2.04 bits per heavy atom. The average molecular weight is 334 g/mol. The third-order valence-electron chi connectivity index (χ3n) is 3.83. The van der Waals surface area contributed by atoms with Crippen molar-refractivity contribution < 1.29 is 14.3 Å². The highest BCUT2D eigenvalue weighted by Crippen LogP contribution is 2.24. The van der Waals surface area contributed by atoms with E-state index in [-0.39, 0.29) is 18.0 Å². The minimum atomic E-state index is -0.480. The van der Waals surface area contributed by atoms with Crippen molar-refractivity contribution in [3.8, 4) is 0 Å². The van der Waals surface area contributed by atoms with Crippen LogP contribution in [0.5, 0.6) is 0 Å². The molecule has 0 atom stereocenters. The predicted molar refractivity (Wildman–Crippen MR) is 92.2 cm³/mol. The molecule has 7 nitrogen and oxygen atoms in total. The fraction of sp³-hybridized carbons (Fsp3) is 0.588. The second-order valence-corrected chi connectivity index (χ2v) is 6.81. The van der Waals surface area contributed by atoms with Crippen molar-refractivity contribution in [3.05, 3.63) is 24.0 Å². The van der Waals surface area contributed by atoms with Gasteiger partial charge in [0, 0.05) is 26.7 Å². The molecular formula is C17H26N4O3. The minimum absolute atomic E-state index is 0.204. The SMILES string of the molecule is CCN(c1ccc(C(=O)NC)nc1)C1CN(C(=O)OC(C)(C)C)C1. The summed E-state index contributed by atoms with van der Waals surface area (Å²) in [6.07, 6.45) is 1.42. The molecule has 1 aliphatic heterocycles. The standard InChI is InChI=1S/C17H26N4O3/c1-6-21(12-7-8-14(19-9-12)15(22)18-5)13-10-20(11-13)16(23)24-17(2,3)4/h7-9,13H,6,10-11H2,1-5H3,(H,18,22). The molecule has 1 N–H and O–H groups in total. The Morgan fingerprint density at radius 1 is 1.38 bits per heavy atom. The summed E-state index contributed by atoms with van der Waals surface area (Å²) in [6, 6.07) is 3.83. The highest BCUT2D eigenvalue weighted by Gasteiger charge is 2.36. The maximum absolute atomic E-state index is 12.0. The molecule has 2 heterocycles. The Hall–Kier alpha value is -2.31. The summed E-state index contributed by atoms with van der Waals surface area (Å²) < 4.78 is 5.38. The Kier molecular flexibility index (Phi) is 5.31. The van der Waals surface area contributed by atoms with Gasteiger partial charge >= 0.3 is 6.09 Å². The Bertz CT molecular complexity index is 589. The van der Waals surface area contributed by atoms with Crippen molar-refractivity contribution in [2.24, 2.45) is 0 Å². The summed E-state index contributed by atoms with van der Waals surface area (Å²) in [5, 5.41) is 2.55. The van der Waals surface area contributed by atoms with Crippen LogP contribution in [0.1, 0.15) is 38.2 Å². The van der Waals surface area contributed by atoms with E-state index in [0.29, 0.717) is 18.8 Å². The zero-order valence-electron chi connectivity index (χ0n) is 15.0. The van der Waals surface area contributed by atoms with Gasteiger partial charge in [0.1, 0.15) is 11.3 Å². The van der Waals surface area contributed by atoms with E-state index >= 15 is 0 Å². The molecule has 0 radical (unpaired) electrons. The molecular weight excluding hydrogens is 308 g/mol. The van der Waals surface area contributed by atoms with Gasteiger partial charge in [0.15, 0.2) is 0 Å². The molecule has 0 aromatic carbocycles. The number of hydrogen-bond donors (Lipinski definition) is 1. The van der Waals surface area contributed by atoms with Gasteiger partial charge in [0.25, 0.3) is 5.91 Å². The van der Waals surface area contributed by atoms with Crippen LogP contribution >= 0.6 is 0 Å². The fourth-order valence-corrected chi connectivity index (χ4v) is 2.60. The van der Waals surface area contributed by atoms with Gasteiger partial charge in [-0.2, -0.15) is 0 Å². The number of likely N-dealkylation sites (tertiary alicyclic amines) is 1.